The van der Waals surface area contributed by atoms with E-state index < -0.39 is 0 Å². The number of hydrogen-bond donors (Lipinski definition) is 1. The molecule has 0 spiro atoms. The molecule has 0 unspecified atom stereocenters. The Balaban J connectivity index is 1.30. The van der Waals surface area contributed by atoms with Crippen LogP contribution in [0.5, 0.6) is 0 Å². The number of carbonyl (C=O) groups is 1. The van der Waals surface area contributed by atoms with Crippen LogP contribution in [0.1, 0.15) is 35.0 Å². The van der Waals surface area contributed by atoms with Crippen LogP contribution in [0.15, 0.2) is 22.8 Å². The molecule has 0 aromatic carbocycles. The Morgan fingerprint density at radius 3 is 2.92 bits per heavy atom. The number of carbonyl (C=O) groups excluding carboxylic acids is 1. The molecule has 1 saturated heterocycles. The van der Waals surface area contributed by atoms with Gasteiger partial charge in [-0.1, -0.05) is 0 Å². The molecule has 1 saturated carbocycles. The minimum absolute atomic E-state index is 0.0693. The normalized spacial score (nSPS) is 26.2. The van der Waals surface area contributed by atoms with E-state index in [1.54, 1.807) is 6.26 Å². The molecule has 2 aromatic heterocycles. The average Bonchev–Trinajstić information content (AvgIpc) is 2.99. The number of hydrogen-bond acceptors (Lipinski definition) is 5. The molecule has 2 fully saturated rings. The van der Waals surface area contributed by atoms with Crippen LogP contribution in [0.25, 0.3) is 0 Å². The van der Waals surface area contributed by atoms with E-state index in [1.807, 2.05) is 16.7 Å². The van der Waals surface area contributed by atoms with Gasteiger partial charge in [-0.3, -0.25) is 9.69 Å². The molecule has 1 amide bonds. The number of likely N-dealkylation sites (tertiary alicyclic amines) is 1. The van der Waals surface area contributed by atoms with Crippen LogP contribution < -0.4 is 5.32 Å². The van der Waals surface area contributed by atoms with Crippen molar-refractivity contribution in [3.63, 3.8) is 0 Å². The van der Waals surface area contributed by atoms with E-state index in [0.717, 1.165) is 57.0 Å². The van der Waals surface area contributed by atoms with Gasteiger partial charge in [-0.15, -0.1) is 10.2 Å². The highest BCUT2D eigenvalue weighted by atomic mass is 16.3. The summed E-state index contributed by atoms with van der Waals surface area (Å²) < 4.78 is 7.50. The first-order chi connectivity index (χ1) is 11.8. The van der Waals surface area contributed by atoms with Crippen molar-refractivity contribution in [2.24, 2.45) is 11.8 Å². The van der Waals surface area contributed by atoms with E-state index in [1.165, 1.54) is 0 Å². The van der Waals surface area contributed by atoms with Gasteiger partial charge in [0.2, 0.25) is 5.82 Å². The molecule has 5 rings (SSSR count). The predicted octanol–water partition coefficient (Wildman–Crippen LogP) is 1.07. The number of furan rings is 1. The molecule has 7 heteroatoms. The zero-order valence-corrected chi connectivity index (χ0v) is 13.5. The van der Waals surface area contributed by atoms with Crippen molar-refractivity contribution in [3.05, 3.63) is 35.8 Å². The Morgan fingerprint density at radius 2 is 2.12 bits per heavy atom. The maximum atomic E-state index is 12.3. The Hall–Kier alpha value is -2.15. The molecular formula is C17H21N5O2. The lowest BCUT2D eigenvalue weighted by Gasteiger charge is -2.25. The van der Waals surface area contributed by atoms with E-state index >= 15 is 0 Å². The molecule has 3 aliphatic rings. The zero-order chi connectivity index (χ0) is 16.1. The summed E-state index contributed by atoms with van der Waals surface area (Å²) in [6.07, 6.45) is 4.80. The fourth-order valence-electron chi connectivity index (χ4n) is 4.02. The van der Waals surface area contributed by atoms with Gasteiger partial charge in [0.25, 0.3) is 5.91 Å². The summed E-state index contributed by atoms with van der Waals surface area (Å²) >= 11 is 0. The Labute approximate surface area is 140 Å². The second-order valence-corrected chi connectivity index (χ2v) is 7.30. The zero-order valence-electron chi connectivity index (χ0n) is 13.5. The Bertz CT molecular complexity index is 749. The number of nitrogens with zero attached hydrogens (tertiary/aromatic N) is 4. The molecule has 0 bridgehead atoms. The van der Waals surface area contributed by atoms with Crippen LogP contribution in [-0.2, 0) is 19.5 Å². The largest absolute Gasteiger partial charge is 0.468 e. The number of aromatic nitrogens is 3. The van der Waals surface area contributed by atoms with Gasteiger partial charge in [0.05, 0.1) is 12.8 Å². The second kappa shape index (κ2) is 5.44. The minimum atomic E-state index is -0.0693. The third-order valence-electron chi connectivity index (χ3n) is 5.42. The smallest absolute Gasteiger partial charge is 0.289 e. The number of fused-ring (bicyclic) bond motifs is 2. The van der Waals surface area contributed by atoms with Crippen LogP contribution >= 0.6 is 0 Å². The number of amides is 1. The van der Waals surface area contributed by atoms with Gasteiger partial charge >= 0.3 is 0 Å². The van der Waals surface area contributed by atoms with Crippen molar-refractivity contribution in [1.82, 2.24) is 25.0 Å². The quantitative estimate of drug-likeness (QED) is 0.909. The topological polar surface area (TPSA) is 76.2 Å². The summed E-state index contributed by atoms with van der Waals surface area (Å²) in [6, 6.07) is 4.30. The molecule has 126 valence electrons. The van der Waals surface area contributed by atoms with Crippen molar-refractivity contribution in [3.8, 4) is 0 Å². The van der Waals surface area contributed by atoms with Gasteiger partial charge in [-0.05, 0) is 36.8 Å². The first-order valence-electron chi connectivity index (χ1n) is 8.74. The molecule has 2 aromatic rings. The van der Waals surface area contributed by atoms with E-state index in [-0.39, 0.29) is 5.91 Å². The van der Waals surface area contributed by atoms with Crippen molar-refractivity contribution in [1.29, 1.82) is 0 Å². The summed E-state index contributed by atoms with van der Waals surface area (Å²) in [4.78, 5) is 14.8. The molecule has 24 heavy (non-hydrogen) atoms. The lowest BCUT2D eigenvalue weighted by molar-refractivity contribution is 0.0932. The minimum Gasteiger partial charge on any atom is -0.468 e. The molecule has 4 heterocycles. The maximum absolute atomic E-state index is 12.3. The monoisotopic (exact) mass is 327 g/mol. The van der Waals surface area contributed by atoms with E-state index in [2.05, 4.69) is 20.4 Å². The summed E-state index contributed by atoms with van der Waals surface area (Å²) in [7, 11) is 0. The van der Waals surface area contributed by atoms with Crippen LogP contribution in [0, 0.1) is 11.8 Å². The fourth-order valence-corrected chi connectivity index (χ4v) is 4.02. The van der Waals surface area contributed by atoms with E-state index in [9.17, 15) is 4.79 Å². The average molecular weight is 327 g/mol. The van der Waals surface area contributed by atoms with Gasteiger partial charge in [0, 0.05) is 32.1 Å². The number of rotatable bonds is 4. The lowest BCUT2D eigenvalue weighted by Crippen LogP contribution is -2.33. The van der Waals surface area contributed by atoms with Crippen molar-refractivity contribution >= 4 is 5.91 Å². The van der Waals surface area contributed by atoms with Crippen molar-refractivity contribution < 1.29 is 9.21 Å². The first-order valence-corrected chi connectivity index (χ1v) is 8.74. The van der Waals surface area contributed by atoms with Crippen molar-refractivity contribution in [2.45, 2.75) is 38.4 Å². The highest BCUT2D eigenvalue weighted by Crippen LogP contribution is 2.33. The molecule has 2 aliphatic heterocycles. The first kappa shape index (κ1) is 14.2. The number of nitrogens with one attached hydrogen (secondary N) is 1. The molecule has 1 N–H and O–H groups in total. The molecule has 2 atom stereocenters. The summed E-state index contributed by atoms with van der Waals surface area (Å²) in [5.41, 5.74) is 0. The highest BCUT2D eigenvalue weighted by Gasteiger charge is 2.39. The van der Waals surface area contributed by atoms with E-state index in [4.69, 9.17) is 4.42 Å². The molecule has 7 nitrogen and oxygen atoms in total. The van der Waals surface area contributed by atoms with Crippen molar-refractivity contribution in [2.75, 3.05) is 13.1 Å². The Kier molecular flexibility index (Phi) is 3.22. The van der Waals surface area contributed by atoms with Crippen LogP contribution in [0.2, 0.25) is 0 Å². The summed E-state index contributed by atoms with van der Waals surface area (Å²) in [5, 5.41) is 11.5. The summed E-state index contributed by atoms with van der Waals surface area (Å²) in [5.74, 6) is 3.53. The molecule has 0 radical (unpaired) electrons. The second-order valence-electron chi connectivity index (χ2n) is 7.30. The third-order valence-corrected chi connectivity index (χ3v) is 5.42. The fraction of sp³-hybridized carbons (Fsp3) is 0.588. The van der Waals surface area contributed by atoms with Gasteiger partial charge in [-0.25, -0.2) is 0 Å². The van der Waals surface area contributed by atoms with Gasteiger partial charge in [0.15, 0.2) is 0 Å². The highest BCUT2D eigenvalue weighted by molar-refractivity contribution is 5.91. The Morgan fingerprint density at radius 1 is 1.25 bits per heavy atom. The summed E-state index contributed by atoms with van der Waals surface area (Å²) in [6.45, 7) is 3.79. The van der Waals surface area contributed by atoms with E-state index in [0.29, 0.717) is 23.7 Å². The van der Waals surface area contributed by atoms with Gasteiger partial charge in [0.1, 0.15) is 11.6 Å². The lowest BCUT2D eigenvalue weighted by atomic mass is 9.89. The standard InChI is InChI=1S/C17H21N5O2/c23-17(18-13-3-4-13)16-20-19-15-6-11-7-21(8-12(11)9-22(15)16)10-14-2-1-5-24-14/h1-2,5,11-13H,3-4,6-10H2,(H,18,23)/t11-,12-/m1/s1. The molecule has 1 aliphatic carbocycles. The third kappa shape index (κ3) is 2.53. The van der Waals surface area contributed by atoms with Crippen LogP contribution in [0.3, 0.4) is 0 Å². The van der Waals surface area contributed by atoms with Gasteiger partial charge < -0.3 is 14.3 Å². The van der Waals surface area contributed by atoms with Gasteiger partial charge in [-0.2, -0.15) is 0 Å². The van der Waals surface area contributed by atoms with Crippen LogP contribution in [-0.4, -0.2) is 44.7 Å². The molecular weight excluding hydrogens is 306 g/mol. The maximum Gasteiger partial charge on any atom is 0.289 e. The van der Waals surface area contributed by atoms with Crippen LogP contribution in [0.4, 0.5) is 0 Å². The SMILES string of the molecule is O=C(NC1CC1)c1nnc2n1C[C@H]1CN(Cc3ccco3)C[C@H]1C2. The predicted molar refractivity (Wildman–Crippen MR) is 85.2 cm³/mol.